The van der Waals surface area contributed by atoms with Crippen LogP contribution in [0.4, 0.5) is 0 Å². The summed E-state index contributed by atoms with van der Waals surface area (Å²) in [6.45, 7) is 0.878. The summed E-state index contributed by atoms with van der Waals surface area (Å²) in [6, 6.07) is 9.41. The van der Waals surface area contributed by atoms with E-state index in [1.807, 2.05) is 0 Å². The molecule has 0 aromatic heterocycles. The Morgan fingerprint density at radius 1 is 1.26 bits per heavy atom. The molecule has 2 nitrogen and oxygen atoms in total. The lowest BCUT2D eigenvalue weighted by atomic mass is 9.88. The Morgan fingerprint density at radius 3 is 2.84 bits per heavy atom. The highest BCUT2D eigenvalue weighted by atomic mass is 16.5. The number of rotatable bonds is 4. The molecule has 0 amide bonds. The van der Waals surface area contributed by atoms with Crippen molar-refractivity contribution in [2.45, 2.75) is 50.7 Å². The summed E-state index contributed by atoms with van der Waals surface area (Å²) in [6.07, 6.45) is 8.08. The number of ether oxygens (including phenoxy) is 1. The van der Waals surface area contributed by atoms with Crippen LogP contribution in [0.3, 0.4) is 0 Å². The topological polar surface area (TPSA) is 21.3 Å². The molecule has 0 spiro atoms. The first-order valence-corrected chi connectivity index (χ1v) is 7.75. The largest absolute Gasteiger partial charge is 0.373 e. The fourth-order valence-corrected chi connectivity index (χ4v) is 3.81. The molecule has 0 saturated heterocycles. The average molecular weight is 259 g/mol. The molecule has 2 aliphatic rings. The zero-order chi connectivity index (χ0) is 13.1. The van der Waals surface area contributed by atoms with Crippen molar-refractivity contribution < 1.29 is 4.74 Å². The second-order valence-corrected chi connectivity index (χ2v) is 5.98. The Labute approximate surface area is 116 Å². The Balaban J connectivity index is 1.72. The minimum absolute atomic E-state index is 0.294. The molecule has 1 heterocycles. The van der Waals surface area contributed by atoms with E-state index in [1.54, 1.807) is 0 Å². The molecule has 19 heavy (non-hydrogen) atoms. The second-order valence-electron chi connectivity index (χ2n) is 5.98. The minimum Gasteiger partial charge on any atom is -0.373 e. The van der Waals surface area contributed by atoms with Gasteiger partial charge in [0.15, 0.2) is 0 Å². The first-order chi connectivity index (χ1) is 9.38. The third-order valence-corrected chi connectivity index (χ3v) is 4.90. The summed E-state index contributed by atoms with van der Waals surface area (Å²) in [4.78, 5) is 0. The first kappa shape index (κ1) is 13.1. The molecular formula is C17H25NO. The van der Waals surface area contributed by atoms with Crippen molar-refractivity contribution in [1.82, 2.24) is 5.32 Å². The van der Waals surface area contributed by atoms with Gasteiger partial charge in [-0.05, 0) is 49.8 Å². The summed E-state index contributed by atoms with van der Waals surface area (Å²) in [5, 5.41) is 3.54. The van der Waals surface area contributed by atoms with E-state index in [2.05, 4.69) is 36.6 Å². The SMILES string of the molecule is CNC(CC1OCCc2ccccc21)C1CCCC1. The molecule has 2 unspecified atom stereocenters. The first-order valence-electron chi connectivity index (χ1n) is 7.75. The zero-order valence-electron chi connectivity index (χ0n) is 11.9. The maximum absolute atomic E-state index is 6.06. The maximum Gasteiger partial charge on any atom is 0.0842 e. The normalized spacial score (nSPS) is 25.2. The van der Waals surface area contributed by atoms with Crippen LogP contribution >= 0.6 is 0 Å². The van der Waals surface area contributed by atoms with Crippen LogP contribution in [0.15, 0.2) is 24.3 Å². The summed E-state index contributed by atoms with van der Waals surface area (Å²) in [5.41, 5.74) is 2.91. The van der Waals surface area contributed by atoms with Crippen molar-refractivity contribution in [2.24, 2.45) is 5.92 Å². The van der Waals surface area contributed by atoms with Gasteiger partial charge in [-0.1, -0.05) is 37.1 Å². The van der Waals surface area contributed by atoms with Crippen molar-refractivity contribution in [2.75, 3.05) is 13.7 Å². The van der Waals surface area contributed by atoms with Crippen molar-refractivity contribution in [3.05, 3.63) is 35.4 Å². The van der Waals surface area contributed by atoms with Gasteiger partial charge < -0.3 is 10.1 Å². The van der Waals surface area contributed by atoms with Gasteiger partial charge >= 0.3 is 0 Å². The lowest BCUT2D eigenvalue weighted by Crippen LogP contribution is -2.35. The average Bonchev–Trinajstić information content (AvgIpc) is 2.99. The van der Waals surface area contributed by atoms with Gasteiger partial charge in [-0.2, -0.15) is 0 Å². The minimum atomic E-state index is 0.294. The van der Waals surface area contributed by atoms with Crippen molar-refractivity contribution >= 4 is 0 Å². The van der Waals surface area contributed by atoms with Crippen LogP contribution < -0.4 is 5.32 Å². The Kier molecular flexibility index (Phi) is 4.19. The summed E-state index contributed by atoms with van der Waals surface area (Å²) in [7, 11) is 2.11. The molecule has 0 bridgehead atoms. The van der Waals surface area contributed by atoms with Gasteiger partial charge in [-0.3, -0.25) is 0 Å². The van der Waals surface area contributed by atoms with Crippen LogP contribution in [0, 0.1) is 5.92 Å². The molecule has 1 saturated carbocycles. The lowest BCUT2D eigenvalue weighted by Gasteiger charge is -2.31. The molecule has 1 aliphatic carbocycles. The van der Waals surface area contributed by atoms with Gasteiger partial charge in [-0.25, -0.2) is 0 Å². The number of hydrogen-bond donors (Lipinski definition) is 1. The smallest absolute Gasteiger partial charge is 0.0842 e. The van der Waals surface area contributed by atoms with Crippen LogP contribution in [-0.4, -0.2) is 19.7 Å². The fourth-order valence-electron chi connectivity index (χ4n) is 3.81. The predicted molar refractivity (Wildman–Crippen MR) is 78.3 cm³/mol. The second kappa shape index (κ2) is 6.06. The zero-order valence-corrected chi connectivity index (χ0v) is 11.9. The van der Waals surface area contributed by atoms with E-state index in [0.29, 0.717) is 12.1 Å². The summed E-state index contributed by atoms with van der Waals surface area (Å²) in [5.74, 6) is 0.850. The van der Waals surface area contributed by atoms with Crippen molar-refractivity contribution in [1.29, 1.82) is 0 Å². The highest BCUT2D eigenvalue weighted by Gasteiger charge is 2.29. The van der Waals surface area contributed by atoms with Gasteiger partial charge in [0.25, 0.3) is 0 Å². The number of hydrogen-bond acceptors (Lipinski definition) is 2. The number of benzene rings is 1. The maximum atomic E-state index is 6.06. The van der Waals surface area contributed by atoms with Crippen molar-refractivity contribution in [3.8, 4) is 0 Å². The van der Waals surface area contributed by atoms with Crippen LogP contribution in [-0.2, 0) is 11.2 Å². The third-order valence-electron chi connectivity index (χ3n) is 4.90. The molecule has 104 valence electrons. The van der Waals surface area contributed by atoms with Gasteiger partial charge in [0.1, 0.15) is 0 Å². The monoisotopic (exact) mass is 259 g/mol. The van der Waals surface area contributed by atoms with Gasteiger partial charge in [0, 0.05) is 6.04 Å². The molecule has 1 fully saturated rings. The van der Waals surface area contributed by atoms with E-state index >= 15 is 0 Å². The van der Waals surface area contributed by atoms with Crippen LogP contribution in [0.1, 0.15) is 49.3 Å². The van der Waals surface area contributed by atoms with Crippen LogP contribution in [0.25, 0.3) is 0 Å². The van der Waals surface area contributed by atoms with Crippen molar-refractivity contribution in [3.63, 3.8) is 0 Å². The molecule has 1 aromatic carbocycles. The van der Waals surface area contributed by atoms with E-state index < -0.39 is 0 Å². The highest BCUT2D eigenvalue weighted by molar-refractivity contribution is 5.31. The van der Waals surface area contributed by atoms with Gasteiger partial charge in [0.05, 0.1) is 12.7 Å². The summed E-state index contributed by atoms with van der Waals surface area (Å²) >= 11 is 0. The molecule has 1 N–H and O–H groups in total. The molecule has 0 radical (unpaired) electrons. The molecule has 2 atom stereocenters. The predicted octanol–water partition coefficient (Wildman–Crippen LogP) is 3.47. The van der Waals surface area contributed by atoms with E-state index in [0.717, 1.165) is 25.4 Å². The third kappa shape index (κ3) is 2.85. The number of fused-ring (bicyclic) bond motifs is 1. The molecule has 1 aromatic rings. The fraction of sp³-hybridized carbons (Fsp3) is 0.647. The lowest BCUT2D eigenvalue weighted by molar-refractivity contribution is 0.0253. The molecular weight excluding hydrogens is 234 g/mol. The molecule has 2 heteroatoms. The van der Waals surface area contributed by atoms with Crippen LogP contribution in [0.2, 0.25) is 0 Å². The standard InChI is InChI=1S/C17H25NO/c1-18-16(14-7-2-3-8-14)12-17-15-9-5-4-6-13(15)10-11-19-17/h4-6,9,14,16-18H,2-3,7-8,10-12H2,1H3. The Morgan fingerprint density at radius 2 is 2.05 bits per heavy atom. The van der Waals surface area contributed by atoms with Crippen LogP contribution in [0.5, 0.6) is 0 Å². The number of nitrogens with one attached hydrogen (secondary N) is 1. The van der Waals surface area contributed by atoms with Gasteiger partial charge in [0.2, 0.25) is 0 Å². The van der Waals surface area contributed by atoms with E-state index in [1.165, 1.54) is 36.8 Å². The Bertz CT molecular complexity index is 411. The molecule has 3 rings (SSSR count). The molecule has 1 aliphatic heterocycles. The van der Waals surface area contributed by atoms with E-state index in [9.17, 15) is 0 Å². The van der Waals surface area contributed by atoms with E-state index in [-0.39, 0.29) is 0 Å². The van der Waals surface area contributed by atoms with E-state index in [4.69, 9.17) is 4.74 Å². The summed E-state index contributed by atoms with van der Waals surface area (Å²) < 4.78 is 6.06. The Hall–Kier alpha value is -0.860. The quantitative estimate of drug-likeness (QED) is 0.894. The highest BCUT2D eigenvalue weighted by Crippen LogP contribution is 2.35. The van der Waals surface area contributed by atoms with Gasteiger partial charge in [-0.15, -0.1) is 0 Å².